The Bertz CT molecular complexity index is 3990. The van der Waals surface area contributed by atoms with Gasteiger partial charge in [0.05, 0.1) is 49.6 Å². The van der Waals surface area contributed by atoms with Gasteiger partial charge in [-0.2, -0.15) is 35.3 Å². The molecule has 568 valence electrons. The molecule has 0 aromatic carbocycles. The molecule has 6 fully saturated rings. The Kier molecular flexibility index (Phi) is 24.2. The fourth-order valence-corrected chi connectivity index (χ4v) is 17.6. The number of nitrogens with zero attached hydrogens (tertiary/aromatic N) is 14. The van der Waals surface area contributed by atoms with Gasteiger partial charge in [0.2, 0.25) is 27.8 Å². The molecule has 2 amide bonds. The highest BCUT2D eigenvalue weighted by atomic mass is 35.5. The average Bonchev–Trinajstić information content (AvgIpc) is 1.60. The standard InChI is InChI=1S/C33H49ClN9O9P.C33H48ClN6O9P/c1-9-47-28(44)33(53(7,8)46,16-12-15-22-38-40-41-39-22)48-18-21-23-24(51-32(5,6)50-23)27(49-21)43-26-20(17-35-43)25(36-29(34)37-26)42(19-13-10-11-14-19)30(45)52-31(2,3)4;1-10-44-28(41)33(50(8,9)43,16-13-17-35-7)45-19-22-23-24(48-32(5,6)47-23)27(46-22)40-26-21(18-36-40)25(37-29(34)38-26)39(20-14-11-12-15-20)30(42)49-31(2,3)4/h17,19,21,23-24,27H,9-16,18H2,1-8H3,(H,38,39,40,41);18,20,22-24,27H,10-17,19H2,1-6,8-9H3/t21-,23-,24-,27-,33?;22-,23-,24-,27-,33?/m11/s1. The Labute approximate surface area is 608 Å². The van der Waals surface area contributed by atoms with Crippen molar-refractivity contribution >= 4 is 95.3 Å². The molecule has 1 N–H and O–H groups in total. The minimum absolute atomic E-state index is 0.0305. The second kappa shape index (κ2) is 31.4. The van der Waals surface area contributed by atoms with E-state index in [2.05, 4.69) is 55.6 Å². The third-order valence-electron chi connectivity index (χ3n) is 18.6. The van der Waals surface area contributed by atoms with E-state index in [1.165, 1.54) is 36.0 Å². The number of hydrogen-bond acceptors (Lipinski definition) is 27. The Morgan fingerprint density at radius 2 is 1.04 bits per heavy atom. The second-order valence-corrected chi connectivity index (χ2v) is 37.6. The molecule has 4 aliphatic heterocycles. The van der Waals surface area contributed by atoms with Crippen LogP contribution in [0.4, 0.5) is 21.2 Å². The summed E-state index contributed by atoms with van der Waals surface area (Å²) in [6.45, 7) is 34.3. The highest BCUT2D eigenvalue weighted by molar-refractivity contribution is 7.65. The van der Waals surface area contributed by atoms with Gasteiger partial charge in [-0.1, -0.05) is 30.9 Å². The summed E-state index contributed by atoms with van der Waals surface area (Å²) >= 11 is 13.1. The van der Waals surface area contributed by atoms with Crippen LogP contribution in [0.1, 0.15) is 178 Å². The summed E-state index contributed by atoms with van der Waals surface area (Å²) in [6, 6.07) is -0.297. The fraction of sp³-hybridized carbons (Fsp3) is 0.758. The molecule has 0 radical (unpaired) electrons. The van der Waals surface area contributed by atoms with Crippen LogP contribution in [0.3, 0.4) is 0 Å². The van der Waals surface area contributed by atoms with Crippen LogP contribution in [0.2, 0.25) is 10.6 Å². The number of rotatable bonds is 25. The Morgan fingerprint density at radius 3 is 1.40 bits per heavy atom. The van der Waals surface area contributed by atoms with Gasteiger partial charge in [-0.15, -0.1) is 10.2 Å². The molecule has 10 atom stereocenters. The first-order valence-electron chi connectivity index (χ1n) is 35.0. The molecule has 2 saturated carbocycles. The Morgan fingerprint density at radius 1 is 0.641 bits per heavy atom. The van der Waals surface area contributed by atoms with Crippen molar-refractivity contribution in [3.63, 3.8) is 0 Å². The zero-order valence-electron chi connectivity index (χ0n) is 61.4. The lowest BCUT2D eigenvalue weighted by Crippen LogP contribution is -2.46. The van der Waals surface area contributed by atoms with Crippen molar-refractivity contribution in [2.45, 2.75) is 261 Å². The van der Waals surface area contributed by atoms with E-state index in [4.69, 9.17) is 86.6 Å². The number of halogens is 2. The predicted octanol–water partition coefficient (Wildman–Crippen LogP) is 11.2. The zero-order valence-corrected chi connectivity index (χ0v) is 64.7. The van der Waals surface area contributed by atoms with Crippen molar-refractivity contribution in [3.05, 3.63) is 40.2 Å². The summed E-state index contributed by atoms with van der Waals surface area (Å²) in [5.74, 6) is -2.49. The van der Waals surface area contributed by atoms with Crippen LogP contribution in [0.25, 0.3) is 26.9 Å². The van der Waals surface area contributed by atoms with E-state index in [0.717, 1.165) is 51.4 Å². The zero-order chi connectivity index (χ0) is 75.0. The lowest BCUT2D eigenvalue weighted by molar-refractivity contribution is -0.208. The lowest BCUT2D eigenvalue weighted by Gasteiger charge is -2.36. The summed E-state index contributed by atoms with van der Waals surface area (Å²) < 4.78 is 104. The number of ether oxygens (including phenoxy) is 12. The van der Waals surface area contributed by atoms with Gasteiger partial charge in [0, 0.05) is 31.3 Å². The molecule has 11 rings (SSSR count). The number of aryl methyl sites for hydroxylation is 1. The smallest absolute Gasteiger partial charge is 0.416 e. The minimum Gasteiger partial charge on any atom is -0.463 e. The summed E-state index contributed by atoms with van der Waals surface area (Å²) in [6.07, 6.45) is 3.92. The molecule has 9 heterocycles. The highest BCUT2D eigenvalue weighted by Crippen LogP contribution is 2.58. The van der Waals surface area contributed by atoms with Crippen molar-refractivity contribution in [2.24, 2.45) is 0 Å². The third-order valence-corrected chi connectivity index (χ3v) is 23.4. The summed E-state index contributed by atoms with van der Waals surface area (Å²) in [5, 5.41) is 20.4. The van der Waals surface area contributed by atoms with Gasteiger partial charge >= 0.3 is 24.1 Å². The predicted molar refractivity (Wildman–Crippen MR) is 375 cm³/mol. The molecule has 5 aromatic heterocycles. The number of aromatic nitrogens is 12. The summed E-state index contributed by atoms with van der Waals surface area (Å²) in [7, 11) is -6.65. The van der Waals surface area contributed by atoms with E-state index >= 15 is 0 Å². The van der Waals surface area contributed by atoms with Gasteiger partial charge in [-0.05, 0) is 171 Å². The van der Waals surface area contributed by atoms with Gasteiger partial charge < -0.3 is 70.8 Å². The number of carbonyl (C=O) groups is 4. The number of H-pyrrole nitrogens is 1. The van der Waals surface area contributed by atoms with E-state index in [-0.39, 0.29) is 86.5 Å². The average molecular weight is 1520 g/mol. The molecule has 2 unspecified atom stereocenters. The molecule has 0 bridgehead atoms. The number of esters is 2. The maximum absolute atomic E-state index is 14.0. The molecule has 4 saturated heterocycles. The van der Waals surface area contributed by atoms with Gasteiger partial charge in [0.25, 0.3) is 0 Å². The van der Waals surface area contributed by atoms with Crippen LogP contribution in [-0.4, -0.2) is 226 Å². The van der Waals surface area contributed by atoms with E-state index < -0.39 is 121 Å². The van der Waals surface area contributed by atoms with E-state index in [9.17, 15) is 28.3 Å². The van der Waals surface area contributed by atoms with Gasteiger partial charge in [0.1, 0.15) is 62.1 Å². The number of tetrazole rings is 1. The van der Waals surface area contributed by atoms with Crippen molar-refractivity contribution in [2.75, 3.05) is 69.4 Å². The Balaban J connectivity index is 0.000000222. The largest absolute Gasteiger partial charge is 0.463 e. The molecular formula is C66H97Cl2N15O18P2. The number of anilines is 2. The SMILES string of the molecule is CCOC(=O)C(CCCc1nn[nH]n1)(OC[C@H]1O[C@@H](n2ncc3c(N(C(=O)OC(C)(C)C)C4CCCC4)nc(Cl)nc32)[C@@H]2OC(C)(C)O[C@@H]21)P(C)(C)=O.[C-]#[N+]CCCC(OC[C@H]1O[C@@H](n2ncc3c(N(C(=O)OC(C)(C)C)C4CCCC4)nc(Cl)nc32)[C@@H]2OC(C)(C)O[C@@H]21)(C(=O)OCC)P(C)(C)=O. The van der Waals surface area contributed by atoms with E-state index in [1.54, 1.807) is 63.7 Å². The van der Waals surface area contributed by atoms with Crippen LogP contribution < -0.4 is 9.80 Å². The first-order valence-corrected chi connectivity index (χ1v) is 41.0. The molecule has 5 aromatic rings. The number of fused-ring (bicyclic) bond motifs is 4. The van der Waals surface area contributed by atoms with Crippen molar-refractivity contribution in [1.29, 1.82) is 0 Å². The van der Waals surface area contributed by atoms with Crippen LogP contribution >= 0.6 is 37.5 Å². The third kappa shape index (κ3) is 17.5. The van der Waals surface area contributed by atoms with E-state index in [0.29, 0.717) is 40.7 Å². The number of aromatic amines is 1. The normalized spacial score (nSPS) is 24.6. The van der Waals surface area contributed by atoms with Crippen LogP contribution in [0.15, 0.2) is 12.4 Å². The molecule has 2 aliphatic carbocycles. The summed E-state index contributed by atoms with van der Waals surface area (Å²) in [5.41, 5.74) is -0.876. The first kappa shape index (κ1) is 79.4. The molecular weight excluding hydrogens is 1420 g/mol. The quantitative estimate of drug-likeness (QED) is 0.0142. The molecule has 33 nitrogen and oxygen atoms in total. The van der Waals surface area contributed by atoms with Gasteiger partial charge in [-0.3, -0.25) is 9.80 Å². The minimum atomic E-state index is -3.34. The van der Waals surface area contributed by atoms with E-state index in [1.807, 2.05) is 41.5 Å². The number of nitrogens with one attached hydrogen (secondary N) is 1. The topological polar surface area (TPSA) is 366 Å². The first-order chi connectivity index (χ1) is 48.3. The van der Waals surface area contributed by atoms with Crippen LogP contribution in [0, 0.1) is 6.57 Å². The Hall–Kier alpha value is -6.14. The van der Waals surface area contributed by atoms with Crippen molar-refractivity contribution in [1.82, 2.24) is 60.1 Å². The molecule has 6 aliphatic rings. The van der Waals surface area contributed by atoms with Crippen molar-refractivity contribution < 1.29 is 85.2 Å². The summed E-state index contributed by atoms with van der Waals surface area (Å²) in [4.78, 5) is 79.0. The number of amides is 2. The highest BCUT2D eigenvalue weighted by Gasteiger charge is 2.61. The maximum atomic E-state index is 14.0. The van der Waals surface area contributed by atoms with Crippen LogP contribution in [0.5, 0.6) is 0 Å². The molecule has 0 spiro atoms. The molecule has 103 heavy (non-hydrogen) atoms. The molecule has 37 heteroatoms. The van der Waals surface area contributed by atoms with Crippen molar-refractivity contribution in [3.8, 4) is 0 Å². The maximum Gasteiger partial charge on any atom is 0.416 e. The second-order valence-electron chi connectivity index (χ2n) is 30.1. The van der Waals surface area contributed by atoms with Gasteiger partial charge in [-0.25, -0.2) is 35.1 Å². The number of hydrogen-bond donors (Lipinski definition) is 1. The van der Waals surface area contributed by atoms with Crippen LogP contribution in [-0.2, 0) is 82.0 Å². The lowest BCUT2D eigenvalue weighted by atomic mass is 10.1. The number of carbonyl (C=O) groups excluding carboxylic acids is 4. The van der Waals surface area contributed by atoms with Gasteiger partial charge in [0.15, 0.2) is 52.8 Å². The monoisotopic (exact) mass is 1520 g/mol. The fourth-order valence-electron chi connectivity index (χ4n) is 14.1.